The van der Waals surface area contributed by atoms with Gasteiger partial charge in [0.15, 0.2) is 0 Å². The van der Waals surface area contributed by atoms with Gasteiger partial charge in [-0.2, -0.15) is 0 Å². The first-order valence-corrected chi connectivity index (χ1v) is 10.6. The molecule has 31 heavy (non-hydrogen) atoms. The van der Waals surface area contributed by atoms with Crippen LogP contribution in [0.4, 0.5) is 11.4 Å². The van der Waals surface area contributed by atoms with Gasteiger partial charge in [-0.3, -0.25) is 19.7 Å². The van der Waals surface area contributed by atoms with Crippen molar-refractivity contribution in [3.63, 3.8) is 0 Å². The van der Waals surface area contributed by atoms with Crippen molar-refractivity contribution in [3.05, 3.63) is 90.5 Å². The van der Waals surface area contributed by atoms with Crippen LogP contribution in [0.1, 0.15) is 11.1 Å². The molecular weight excluding hydrogens is 386 g/mol. The van der Waals surface area contributed by atoms with E-state index in [1.54, 1.807) is 24.5 Å². The SMILES string of the molecule is O=C(/C=C/c1ccncc1)Nc1ccccc1N1CCN(CCc2ccncc2)CC1. The van der Waals surface area contributed by atoms with Crippen LogP contribution < -0.4 is 10.2 Å². The second kappa shape index (κ2) is 10.5. The largest absolute Gasteiger partial charge is 0.367 e. The quantitative estimate of drug-likeness (QED) is 0.601. The first-order chi connectivity index (χ1) is 15.3. The van der Waals surface area contributed by atoms with E-state index in [1.165, 1.54) is 5.56 Å². The van der Waals surface area contributed by atoms with Crippen LogP contribution in [0.5, 0.6) is 0 Å². The molecule has 0 radical (unpaired) electrons. The summed E-state index contributed by atoms with van der Waals surface area (Å²) in [5.41, 5.74) is 4.19. The van der Waals surface area contributed by atoms with Crippen LogP contribution in [-0.2, 0) is 11.2 Å². The third-order valence-electron chi connectivity index (χ3n) is 5.47. The summed E-state index contributed by atoms with van der Waals surface area (Å²) in [5.74, 6) is -0.139. The minimum atomic E-state index is -0.139. The highest BCUT2D eigenvalue weighted by Crippen LogP contribution is 2.26. The normalized spacial score (nSPS) is 14.6. The van der Waals surface area contributed by atoms with Crippen LogP contribution in [0.3, 0.4) is 0 Å². The first-order valence-electron chi connectivity index (χ1n) is 10.6. The van der Waals surface area contributed by atoms with Gasteiger partial charge in [0.1, 0.15) is 0 Å². The molecule has 6 heteroatoms. The number of benzene rings is 1. The van der Waals surface area contributed by atoms with Crippen molar-refractivity contribution in [2.24, 2.45) is 0 Å². The van der Waals surface area contributed by atoms with Gasteiger partial charge in [-0.1, -0.05) is 12.1 Å². The molecule has 0 spiro atoms. The highest BCUT2D eigenvalue weighted by molar-refractivity contribution is 6.03. The monoisotopic (exact) mass is 413 g/mol. The van der Waals surface area contributed by atoms with Crippen LogP contribution in [0.15, 0.2) is 79.4 Å². The summed E-state index contributed by atoms with van der Waals surface area (Å²) in [6.07, 6.45) is 11.5. The standard InChI is InChI=1S/C25H27N5O/c31-25(6-5-21-7-12-26-13-8-21)28-23-3-1-2-4-24(23)30-19-17-29(18-20-30)16-11-22-9-14-27-15-10-22/h1-10,12-15H,11,16-20H2,(H,28,31)/b6-5+. The predicted octanol–water partition coefficient (Wildman–Crippen LogP) is 3.49. The van der Waals surface area contributed by atoms with Crippen LogP contribution in [0.25, 0.3) is 6.08 Å². The second-order valence-electron chi connectivity index (χ2n) is 7.55. The lowest BCUT2D eigenvalue weighted by Crippen LogP contribution is -2.47. The lowest BCUT2D eigenvalue weighted by atomic mass is 10.1. The minimum Gasteiger partial charge on any atom is -0.367 e. The number of hydrogen-bond donors (Lipinski definition) is 1. The average Bonchev–Trinajstić information content (AvgIpc) is 2.83. The van der Waals surface area contributed by atoms with Gasteiger partial charge >= 0.3 is 0 Å². The number of rotatable bonds is 7. The minimum absolute atomic E-state index is 0.139. The smallest absolute Gasteiger partial charge is 0.248 e. The summed E-state index contributed by atoms with van der Waals surface area (Å²) < 4.78 is 0. The summed E-state index contributed by atoms with van der Waals surface area (Å²) in [6.45, 7) is 4.95. The van der Waals surface area contributed by atoms with Gasteiger partial charge in [0, 0.05) is 63.6 Å². The molecule has 2 aromatic heterocycles. The number of nitrogens with zero attached hydrogens (tertiary/aromatic N) is 4. The summed E-state index contributed by atoms with van der Waals surface area (Å²) in [6, 6.07) is 15.9. The molecule has 1 N–H and O–H groups in total. The number of carbonyl (C=O) groups is 1. The van der Waals surface area contributed by atoms with Crippen LogP contribution in [0.2, 0.25) is 0 Å². The number of nitrogens with one attached hydrogen (secondary N) is 1. The molecule has 1 fully saturated rings. The molecule has 6 nitrogen and oxygen atoms in total. The molecule has 0 aliphatic carbocycles. The summed E-state index contributed by atoms with van der Waals surface area (Å²) in [7, 11) is 0. The number of piperazine rings is 1. The average molecular weight is 414 g/mol. The fourth-order valence-corrected chi connectivity index (χ4v) is 3.73. The zero-order valence-corrected chi connectivity index (χ0v) is 17.5. The van der Waals surface area contributed by atoms with Crippen LogP contribution in [-0.4, -0.2) is 53.5 Å². The van der Waals surface area contributed by atoms with Crippen molar-refractivity contribution in [1.29, 1.82) is 0 Å². The summed E-state index contributed by atoms with van der Waals surface area (Å²) in [4.78, 5) is 25.4. The Balaban J connectivity index is 1.32. The van der Waals surface area contributed by atoms with E-state index in [9.17, 15) is 4.79 Å². The van der Waals surface area contributed by atoms with Crippen molar-refractivity contribution in [3.8, 4) is 0 Å². The fraction of sp³-hybridized carbons (Fsp3) is 0.240. The number of carbonyl (C=O) groups excluding carboxylic acids is 1. The van der Waals surface area contributed by atoms with Crippen molar-refractivity contribution >= 4 is 23.4 Å². The molecule has 0 saturated carbocycles. The molecule has 1 amide bonds. The van der Waals surface area contributed by atoms with E-state index >= 15 is 0 Å². The predicted molar refractivity (Wildman–Crippen MR) is 125 cm³/mol. The topological polar surface area (TPSA) is 61.4 Å². The van der Waals surface area contributed by atoms with Crippen molar-refractivity contribution in [1.82, 2.24) is 14.9 Å². The molecule has 1 aromatic carbocycles. The number of amides is 1. The molecular formula is C25H27N5O. The Morgan fingerprint density at radius 2 is 1.58 bits per heavy atom. The maximum absolute atomic E-state index is 12.4. The Bertz CT molecular complexity index is 999. The number of pyridine rings is 2. The fourth-order valence-electron chi connectivity index (χ4n) is 3.73. The number of aromatic nitrogens is 2. The Morgan fingerprint density at radius 3 is 2.32 bits per heavy atom. The molecule has 0 unspecified atom stereocenters. The zero-order valence-electron chi connectivity index (χ0n) is 17.5. The maximum atomic E-state index is 12.4. The van der Waals surface area contributed by atoms with Crippen LogP contribution >= 0.6 is 0 Å². The molecule has 1 aliphatic heterocycles. The van der Waals surface area contributed by atoms with Gasteiger partial charge < -0.3 is 10.2 Å². The third-order valence-corrected chi connectivity index (χ3v) is 5.47. The molecule has 158 valence electrons. The molecule has 1 aliphatic rings. The van der Waals surface area contributed by atoms with E-state index in [0.717, 1.165) is 56.1 Å². The molecule has 0 atom stereocenters. The van der Waals surface area contributed by atoms with E-state index in [0.29, 0.717) is 0 Å². The van der Waals surface area contributed by atoms with Crippen molar-refractivity contribution < 1.29 is 4.79 Å². The second-order valence-corrected chi connectivity index (χ2v) is 7.55. The molecule has 4 rings (SSSR count). The Kier molecular flexibility index (Phi) is 7.03. The van der Waals surface area contributed by atoms with Crippen LogP contribution in [0, 0.1) is 0 Å². The van der Waals surface area contributed by atoms with E-state index in [2.05, 4.69) is 43.3 Å². The van der Waals surface area contributed by atoms with Gasteiger partial charge in [-0.05, 0) is 60.0 Å². The maximum Gasteiger partial charge on any atom is 0.248 e. The lowest BCUT2D eigenvalue weighted by molar-refractivity contribution is -0.111. The van der Waals surface area contributed by atoms with E-state index < -0.39 is 0 Å². The lowest BCUT2D eigenvalue weighted by Gasteiger charge is -2.37. The van der Waals surface area contributed by atoms with Crippen molar-refractivity contribution in [2.75, 3.05) is 42.9 Å². The Labute approximate surface area is 183 Å². The van der Waals surface area contributed by atoms with Crippen molar-refractivity contribution in [2.45, 2.75) is 6.42 Å². The Morgan fingerprint density at radius 1 is 0.903 bits per heavy atom. The summed E-state index contributed by atoms with van der Waals surface area (Å²) in [5, 5.41) is 3.03. The highest BCUT2D eigenvalue weighted by atomic mass is 16.1. The van der Waals surface area contributed by atoms with Gasteiger partial charge in [0.05, 0.1) is 11.4 Å². The number of para-hydroxylation sites is 2. The van der Waals surface area contributed by atoms with E-state index in [4.69, 9.17) is 0 Å². The highest BCUT2D eigenvalue weighted by Gasteiger charge is 2.19. The number of hydrogen-bond acceptors (Lipinski definition) is 5. The van der Waals surface area contributed by atoms with E-state index in [-0.39, 0.29) is 5.91 Å². The van der Waals surface area contributed by atoms with Gasteiger partial charge in [0.2, 0.25) is 5.91 Å². The molecule has 3 heterocycles. The third kappa shape index (κ3) is 5.99. The molecule has 3 aromatic rings. The first kappa shape index (κ1) is 20.8. The zero-order chi connectivity index (χ0) is 21.3. The van der Waals surface area contributed by atoms with Gasteiger partial charge in [-0.25, -0.2) is 0 Å². The van der Waals surface area contributed by atoms with E-state index in [1.807, 2.05) is 42.7 Å². The number of anilines is 2. The van der Waals surface area contributed by atoms with Gasteiger partial charge in [0.25, 0.3) is 0 Å². The molecule has 1 saturated heterocycles. The Hall–Kier alpha value is -3.51. The van der Waals surface area contributed by atoms with Gasteiger partial charge in [-0.15, -0.1) is 0 Å². The summed E-state index contributed by atoms with van der Waals surface area (Å²) >= 11 is 0. The molecule has 0 bridgehead atoms.